The molecule has 1 fully saturated rings. The Hall–Kier alpha value is -3.53. The van der Waals surface area contributed by atoms with Crippen LogP contribution in [0.4, 0.5) is 5.82 Å². The van der Waals surface area contributed by atoms with Crippen molar-refractivity contribution in [2.45, 2.75) is 50.9 Å². The molecule has 1 amide bonds. The van der Waals surface area contributed by atoms with Gasteiger partial charge in [0.15, 0.2) is 11.5 Å². The van der Waals surface area contributed by atoms with Crippen molar-refractivity contribution in [2.24, 2.45) is 0 Å². The molecule has 3 atom stereocenters. The summed E-state index contributed by atoms with van der Waals surface area (Å²) >= 11 is 0. The van der Waals surface area contributed by atoms with E-state index < -0.39 is 6.10 Å². The molecule has 0 radical (unpaired) electrons. The number of carbonyl (C=O) groups is 1. The van der Waals surface area contributed by atoms with Gasteiger partial charge in [-0.1, -0.05) is 12.1 Å². The highest BCUT2D eigenvalue weighted by Crippen LogP contribution is 2.31. The summed E-state index contributed by atoms with van der Waals surface area (Å²) < 4.78 is 3.73. The summed E-state index contributed by atoms with van der Waals surface area (Å²) in [5, 5.41) is 14.1. The standard InChI is InChI=1S/C21H24N8O2/c1-12-26-13-5-2-3-7-15(13)28(12)9-17(30)27-14-6-4-8-16(19(14)31)29-11-25-18-20(22)23-10-24-21(18)29/h2-3,5,7,10-11,14,16,19,31H,4,6,8-9H2,1H3,(H,27,30)(H2,22,23,24)/t14-,16-,19-/m0/s1. The second kappa shape index (κ2) is 7.62. The molecule has 10 heteroatoms. The molecule has 4 N–H and O–H groups in total. The first-order chi connectivity index (χ1) is 15.0. The van der Waals surface area contributed by atoms with Gasteiger partial charge in [-0.3, -0.25) is 4.79 Å². The van der Waals surface area contributed by atoms with Gasteiger partial charge >= 0.3 is 0 Å². The minimum atomic E-state index is -0.771. The van der Waals surface area contributed by atoms with Crippen LogP contribution in [0.2, 0.25) is 0 Å². The van der Waals surface area contributed by atoms with E-state index in [0.717, 1.165) is 29.7 Å². The Balaban J connectivity index is 1.34. The van der Waals surface area contributed by atoms with Gasteiger partial charge < -0.3 is 25.3 Å². The van der Waals surface area contributed by atoms with Crippen molar-refractivity contribution in [1.29, 1.82) is 0 Å². The van der Waals surface area contributed by atoms with Crippen LogP contribution in [0.5, 0.6) is 0 Å². The molecule has 0 saturated heterocycles. The number of amides is 1. The molecule has 3 heterocycles. The van der Waals surface area contributed by atoms with Gasteiger partial charge in [-0.25, -0.2) is 19.9 Å². The molecule has 1 aliphatic carbocycles. The van der Waals surface area contributed by atoms with Crippen LogP contribution in [0.25, 0.3) is 22.2 Å². The van der Waals surface area contributed by atoms with E-state index in [1.54, 1.807) is 6.33 Å². The number of nitrogens with zero attached hydrogens (tertiary/aromatic N) is 6. The molecule has 0 bridgehead atoms. The van der Waals surface area contributed by atoms with E-state index >= 15 is 0 Å². The molecule has 10 nitrogen and oxygen atoms in total. The number of anilines is 1. The lowest BCUT2D eigenvalue weighted by Crippen LogP contribution is -2.50. The summed E-state index contributed by atoms with van der Waals surface area (Å²) in [6.07, 6.45) is 4.58. The SMILES string of the molecule is Cc1nc2ccccc2n1CC(=O)N[C@H]1CCC[C@H](n2cnc3c(N)ncnc32)[C@H]1O. The Bertz CT molecular complexity index is 1260. The van der Waals surface area contributed by atoms with E-state index in [9.17, 15) is 9.90 Å². The van der Waals surface area contributed by atoms with Crippen molar-refractivity contribution >= 4 is 33.9 Å². The predicted octanol–water partition coefficient (Wildman–Crippen LogP) is 1.34. The molecule has 31 heavy (non-hydrogen) atoms. The molecule has 0 aliphatic heterocycles. The summed E-state index contributed by atoms with van der Waals surface area (Å²) in [7, 11) is 0. The molecular weight excluding hydrogens is 396 g/mol. The highest BCUT2D eigenvalue weighted by atomic mass is 16.3. The highest BCUT2D eigenvalue weighted by molar-refractivity contribution is 5.82. The average molecular weight is 420 g/mol. The number of benzene rings is 1. The molecule has 1 saturated carbocycles. The number of aromatic nitrogens is 6. The lowest BCUT2D eigenvalue weighted by atomic mass is 9.88. The third-order valence-corrected chi connectivity index (χ3v) is 6.06. The van der Waals surface area contributed by atoms with E-state index in [1.807, 2.05) is 40.3 Å². The number of aliphatic hydroxyl groups excluding tert-OH is 1. The topological polar surface area (TPSA) is 137 Å². The van der Waals surface area contributed by atoms with Gasteiger partial charge in [0.1, 0.15) is 24.2 Å². The number of hydrogen-bond acceptors (Lipinski definition) is 7. The number of nitrogen functional groups attached to an aromatic ring is 1. The summed E-state index contributed by atoms with van der Waals surface area (Å²) in [6, 6.07) is 7.12. The number of para-hydroxylation sites is 2. The number of hydrogen-bond donors (Lipinski definition) is 3. The van der Waals surface area contributed by atoms with Crippen LogP contribution < -0.4 is 11.1 Å². The Morgan fingerprint density at radius 1 is 1.26 bits per heavy atom. The van der Waals surface area contributed by atoms with Crippen molar-refractivity contribution in [3.8, 4) is 0 Å². The summed E-state index contributed by atoms with van der Waals surface area (Å²) in [4.78, 5) is 29.9. The van der Waals surface area contributed by atoms with Crippen molar-refractivity contribution in [1.82, 2.24) is 34.4 Å². The molecule has 3 aromatic heterocycles. The Morgan fingerprint density at radius 3 is 2.97 bits per heavy atom. The first kappa shape index (κ1) is 19.4. The number of rotatable bonds is 4. The zero-order valence-corrected chi connectivity index (χ0v) is 17.1. The third-order valence-electron chi connectivity index (χ3n) is 6.06. The Labute approximate surface area is 178 Å². The normalized spacial score (nSPS) is 21.5. The number of fused-ring (bicyclic) bond motifs is 2. The monoisotopic (exact) mass is 420 g/mol. The van der Waals surface area contributed by atoms with E-state index in [0.29, 0.717) is 23.4 Å². The molecule has 0 unspecified atom stereocenters. The van der Waals surface area contributed by atoms with Gasteiger partial charge in [0.25, 0.3) is 0 Å². The molecular formula is C21H24N8O2. The number of carbonyl (C=O) groups excluding carboxylic acids is 1. The van der Waals surface area contributed by atoms with E-state index in [-0.39, 0.29) is 24.5 Å². The fourth-order valence-corrected chi connectivity index (χ4v) is 4.52. The van der Waals surface area contributed by atoms with Crippen LogP contribution >= 0.6 is 0 Å². The quantitative estimate of drug-likeness (QED) is 0.453. The van der Waals surface area contributed by atoms with Crippen LogP contribution in [-0.2, 0) is 11.3 Å². The van der Waals surface area contributed by atoms with Crippen molar-refractivity contribution in [3.05, 3.63) is 42.7 Å². The number of imidazole rings is 2. The minimum Gasteiger partial charge on any atom is -0.389 e. The van der Waals surface area contributed by atoms with E-state index in [1.165, 1.54) is 6.33 Å². The highest BCUT2D eigenvalue weighted by Gasteiger charge is 2.35. The maximum Gasteiger partial charge on any atom is 0.240 e. The lowest BCUT2D eigenvalue weighted by Gasteiger charge is -2.36. The summed E-state index contributed by atoms with van der Waals surface area (Å²) in [5.74, 6) is 0.931. The van der Waals surface area contributed by atoms with Gasteiger partial charge in [0.05, 0.1) is 35.5 Å². The van der Waals surface area contributed by atoms with Gasteiger partial charge in [-0.05, 0) is 38.3 Å². The van der Waals surface area contributed by atoms with E-state index in [4.69, 9.17) is 5.73 Å². The smallest absolute Gasteiger partial charge is 0.240 e. The van der Waals surface area contributed by atoms with Crippen LogP contribution in [0.3, 0.4) is 0 Å². The number of nitrogens with one attached hydrogen (secondary N) is 1. The zero-order valence-electron chi connectivity index (χ0n) is 17.1. The van der Waals surface area contributed by atoms with Crippen LogP contribution in [0.15, 0.2) is 36.9 Å². The number of nitrogens with two attached hydrogens (primary N) is 1. The van der Waals surface area contributed by atoms with Gasteiger partial charge in [-0.2, -0.15) is 0 Å². The van der Waals surface area contributed by atoms with Gasteiger partial charge in [-0.15, -0.1) is 0 Å². The van der Waals surface area contributed by atoms with E-state index in [2.05, 4.69) is 25.3 Å². The first-order valence-corrected chi connectivity index (χ1v) is 10.3. The molecule has 5 rings (SSSR count). The summed E-state index contributed by atoms with van der Waals surface area (Å²) in [5.41, 5.74) is 8.77. The number of aliphatic hydroxyl groups is 1. The van der Waals surface area contributed by atoms with Crippen molar-refractivity contribution in [2.75, 3.05) is 5.73 Å². The Morgan fingerprint density at radius 2 is 2.10 bits per heavy atom. The first-order valence-electron chi connectivity index (χ1n) is 10.3. The van der Waals surface area contributed by atoms with Crippen LogP contribution in [0.1, 0.15) is 31.1 Å². The molecule has 160 valence electrons. The fourth-order valence-electron chi connectivity index (χ4n) is 4.52. The lowest BCUT2D eigenvalue weighted by molar-refractivity contribution is -0.124. The molecule has 0 spiro atoms. The summed E-state index contributed by atoms with van der Waals surface area (Å²) in [6.45, 7) is 2.04. The Kier molecular flexibility index (Phi) is 4.78. The predicted molar refractivity (Wildman–Crippen MR) is 115 cm³/mol. The average Bonchev–Trinajstić information content (AvgIpc) is 3.32. The zero-order chi connectivity index (χ0) is 21.5. The fraction of sp³-hybridized carbons (Fsp3) is 0.381. The van der Waals surface area contributed by atoms with Crippen LogP contribution in [0, 0.1) is 6.92 Å². The third kappa shape index (κ3) is 3.38. The maximum atomic E-state index is 12.8. The van der Waals surface area contributed by atoms with Gasteiger partial charge in [0.2, 0.25) is 5.91 Å². The molecule has 1 aliphatic rings. The second-order valence-corrected chi connectivity index (χ2v) is 7.98. The minimum absolute atomic E-state index is 0.151. The molecule has 1 aromatic carbocycles. The number of aryl methyl sites for hydroxylation is 1. The maximum absolute atomic E-state index is 12.8. The molecule has 4 aromatic rings. The van der Waals surface area contributed by atoms with Crippen molar-refractivity contribution in [3.63, 3.8) is 0 Å². The van der Waals surface area contributed by atoms with Gasteiger partial charge in [0, 0.05) is 0 Å². The largest absolute Gasteiger partial charge is 0.389 e. The second-order valence-electron chi connectivity index (χ2n) is 7.98. The van der Waals surface area contributed by atoms with Crippen LogP contribution in [-0.4, -0.2) is 52.2 Å². The van der Waals surface area contributed by atoms with Crippen molar-refractivity contribution < 1.29 is 9.90 Å².